The maximum Gasteiger partial charge on any atom is 0.253 e. The van der Waals surface area contributed by atoms with Crippen LogP contribution >= 0.6 is 0 Å². The molecular weight excluding hydrogens is 288 g/mol. The van der Waals surface area contributed by atoms with Crippen LogP contribution in [0.3, 0.4) is 0 Å². The van der Waals surface area contributed by atoms with E-state index in [1.165, 1.54) is 5.56 Å². The van der Waals surface area contributed by atoms with Crippen molar-refractivity contribution in [1.82, 2.24) is 9.21 Å². The summed E-state index contributed by atoms with van der Waals surface area (Å²) in [5.74, 6) is 0.496. The number of benzene rings is 1. The molecule has 1 atom stereocenters. The molecule has 1 unspecified atom stereocenters. The largest absolute Gasteiger partial charge is 0.412 e. The first-order chi connectivity index (χ1) is 9.49. The molecule has 1 aromatic carbocycles. The second-order valence-corrected chi connectivity index (χ2v) is 6.79. The number of nitrogens with zero attached hydrogens (tertiary/aromatic N) is 2. The normalized spacial score (nSPS) is 17.4. The van der Waals surface area contributed by atoms with E-state index in [9.17, 15) is 9.00 Å². The van der Waals surface area contributed by atoms with Crippen LogP contribution in [0, 0.1) is 0 Å². The topological polar surface area (TPSA) is 72.1 Å². The number of hydrogen-bond donors (Lipinski definition) is 0. The number of carbonyl (C=O) groups excluding carboxylic acids is 1. The molecule has 2 N–H and O–H groups in total. The first-order valence-electron chi connectivity index (χ1n) is 6.96. The molecule has 0 spiro atoms. The van der Waals surface area contributed by atoms with Crippen molar-refractivity contribution in [3.05, 3.63) is 35.4 Å². The van der Waals surface area contributed by atoms with Crippen LogP contribution in [0.2, 0.25) is 0 Å². The predicted octanol–water partition coefficient (Wildman–Crippen LogP) is 1.04. The minimum absolute atomic E-state index is 0. The van der Waals surface area contributed by atoms with Crippen molar-refractivity contribution in [3.8, 4) is 0 Å². The molecule has 118 valence electrons. The molecule has 1 aliphatic rings. The summed E-state index contributed by atoms with van der Waals surface area (Å²) < 4.78 is 13.3. The zero-order valence-electron chi connectivity index (χ0n) is 12.8. The van der Waals surface area contributed by atoms with Gasteiger partial charge in [0.05, 0.1) is 11.0 Å². The second kappa shape index (κ2) is 7.68. The van der Waals surface area contributed by atoms with Gasteiger partial charge in [0.15, 0.2) is 0 Å². The maximum absolute atomic E-state index is 12.5. The monoisotopic (exact) mass is 312 g/mol. The SMILES string of the molecule is CC(C)c1cccc(C(=O)N2CCN(S(C)=O)CC2)c1.O. The average Bonchev–Trinajstić information content (AvgIpc) is 2.46. The zero-order chi connectivity index (χ0) is 14.7. The summed E-state index contributed by atoms with van der Waals surface area (Å²) in [6, 6.07) is 7.86. The molecule has 0 saturated carbocycles. The molecular formula is C15H24N2O3S. The van der Waals surface area contributed by atoms with E-state index in [4.69, 9.17) is 0 Å². The van der Waals surface area contributed by atoms with Gasteiger partial charge >= 0.3 is 0 Å². The van der Waals surface area contributed by atoms with Crippen molar-refractivity contribution in [2.45, 2.75) is 19.8 Å². The molecule has 21 heavy (non-hydrogen) atoms. The first kappa shape index (κ1) is 17.8. The Labute approximate surface area is 128 Å². The van der Waals surface area contributed by atoms with Crippen LogP contribution in [0.5, 0.6) is 0 Å². The number of amides is 1. The van der Waals surface area contributed by atoms with E-state index in [-0.39, 0.29) is 11.4 Å². The van der Waals surface area contributed by atoms with Gasteiger partial charge in [-0.3, -0.25) is 4.79 Å². The van der Waals surface area contributed by atoms with E-state index in [1.807, 2.05) is 27.4 Å². The highest BCUT2D eigenvalue weighted by Gasteiger charge is 2.23. The summed E-state index contributed by atoms with van der Waals surface area (Å²) in [5, 5.41) is 0. The standard InChI is InChI=1S/C15H22N2O2S.H2O/c1-12(2)13-5-4-6-14(11-13)15(18)16-7-9-17(10-8-16)20(3)19;/h4-6,11-12H,7-10H2,1-3H3;1H2. The van der Waals surface area contributed by atoms with Crippen LogP contribution in [0.1, 0.15) is 35.7 Å². The Bertz CT molecular complexity index is 511. The van der Waals surface area contributed by atoms with Gasteiger partial charge < -0.3 is 10.4 Å². The smallest absolute Gasteiger partial charge is 0.253 e. The molecule has 1 aromatic rings. The van der Waals surface area contributed by atoms with E-state index in [0.29, 0.717) is 32.1 Å². The van der Waals surface area contributed by atoms with E-state index < -0.39 is 11.0 Å². The van der Waals surface area contributed by atoms with Gasteiger partial charge in [0.1, 0.15) is 0 Å². The third-order valence-electron chi connectivity index (χ3n) is 3.69. The molecule has 1 fully saturated rings. The second-order valence-electron chi connectivity index (χ2n) is 5.43. The summed E-state index contributed by atoms with van der Waals surface area (Å²) >= 11 is 0. The Morgan fingerprint density at radius 1 is 1.19 bits per heavy atom. The van der Waals surface area contributed by atoms with Crippen LogP contribution < -0.4 is 0 Å². The van der Waals surface area contributed by atoms with Crippen molar-refractivity contribution in [1.29, 1.82) is 0 Å². The molecule has 1 heterocycles. The van der Waals surface area contributed by atoms with Gasteiger partial charge in [0.2, 0.25) is 0 Å². The molecule has 1 aliphatic heterocycles. The Hall–Kier alpha value is -1.24. The summed E-state index contributed by atoms with van der Waals surface area (Å²) in [4.78, 5) is 14.3. The minimum Gasteiger partial charge on any atom is -0.412 e. The highest BCUT2D eigenvalue weighted by molar-refractivity contribution is 7.81. The quantitative estimate of drug-likeness (QED) is 0.836. The van der Waals surface area contributed by atoms with E-state index in [2.05, 4.69) is 19.9 Å². The van der Waals surface area contributed by atoms with Crippen LogP contribution in [0.15, 0.2) is 24.3 Å². The van der Waals surface area contributed by atoms with Crippen LogP contribution in [0.4, 0.5) is 0 Å². The summed E-state index contributed by atoms with van der Waals surface area (Å²) in [6.45, 7) is 6.89. The number of rotatable bonds is 3. The molecule has 0 radical (unpaired) electrons. The average molecular weight is 312 g/mol. The molecule has 6 heteroatoms. The molecule has 2 rings (SSSR count). The molecule has 0 aliphatic carbocycles. The van der Waals surface area contributed by atoms with Crippen molar-refractivity contribution < 1.29 is 14.5 Å². The van der Waals surface area contributed by atoms with Crippen molar-refractivity contribution >= 4 is 16.9 Å². The molecule has 1 amide bonds. The van der Waals surface area contributed by atoms with Crippen molar-refractivity contribution in [2.75, 3.05) is 32.4 Å². The minimum atomic E-state index is -0.939. The summed E-state index contributed by atoms with van der Waals surface area (Å²) in [7, 11) is -0.939. The Morgan fingerprint density at radius 2 is 1.81 bits per heavy atom. The fourth-order valence-corrected chi connectivity index (χ4v) is 3.04. The predicted molar refractivity (Wildman–Crippen MR) is 85.7 cm³/mol. The fraction of sp³-hybridized carbons (Fsp3) is 0.533. The third-order valence-corrected chi connectivity index (χ3v) is 4.78. The first-order valence-corrected chi connectivity index (χ1v) is 8.48. The molecule has 0 aromatic heterocycles. The van der Waals surface area contributed by atoms with Gasteiger partial charge in [-0.05, 0) is 23.6 Å². The van der Waals surface area contributed by atoms with E-state index in [0.717, 1.165) is 5.56 Å². The van der Waals surface area contributed by atoms with Gasteiger partial charge in [-0.25, -0.2) is 8.51 Å². The lowest BCUT2D eigenvalue weighted by Gasteiger charge is -2.33. The van der Waals surface area contributed by atoms with Gasteiger partial charge in [0.25, 0.3) is 5.91 Å². The van der Waals surface area contributed by atoms with Crippen molar-refractivity contribution in [3.63, 3.8) is 0 Å². The Balaban J connectivity index is 0.00000220. The number of piperazine rings is 1. The number of carbonyl (C=O) groups is 1. The van der Waals surface area contributed by atoms with Gasteiger partial charge in [-0.2, -0.15) is 0 Å². The van der Waals surface area contributed by atoms with Gasteiger partial charge in [-0.1, -0.05) is 26.0 Å². The molecule has 1 saturated heterocycles. The number of hydrogen-bond acceptors (Lipinski definition) is 2. The molecule has 0 bridgehead atoms. The molecule has 5 nitrogen and oxygen atoms in total. The van der Waals surface area contributed by atoms with Gasteiger partial charge in [-0.15, -0.1) is 0 Å². The fourth-order valence-electron chi connectivity index (χ4n) is 2.36. The lowest BCUT2D eigenvalue weighted by atomic mass is 10.0. The zero-order valence-corrected chi connectivity index (χ0v) is 13.7. The summed E-state index contributed by atoms with van der Waals surface area (Å²) in [6.07, 6.45) is 1.68. The lowest BCUT2D eigenvalue weighted by Crippen LogP contribution is -2.48. The van der Waals surface area contributed by atoms with Crippen molar-refractivity contribution in [2.24, 2.45) is 0 Å². The van der Waals surface area contributed by atoms with Crippen LogP contribution in [-0.4, -0.2) is 57.2 Å². The summed E-state index contributed by atoms with van der Waals surface area (Å²) in [5.41, 5.74) is 1.94. The Morgan fingerprint density at radius 3 is 2.33 bits per heavy atom. The third kappa shape index (κ3) is 4.36. The van der Waals surface area contributed by atoms with Gasteiger partial charge in [0, 0.05) is 38.0 Å². The lowest BCUT2D eigenvalue weighted by molar-refractivity contribution is 0.0701. The van der Waals surface area contributed by atoms with E-state index in [1.54, 1.807) is 6.26 Å². The maximum atomic E-state index is 12.5. The Kier molecular flexibility index (Phi) is 6.51. The highest BCUT2D eigenvalue weighted by Crippen LogP contribution is 2.17. The van der Waals surface area contributed by atoms with Crippen LogP contribution in [-0.2, 0) is 11.0 Å². The van der Waals surface area contributed by atoms with Crippen LogP contribution in [0.25, 0.3) is 0 Å². The van der Waals surface area contributed by atoms with E-state index >= 15 is 0 Å². The highest BCUT2D eigenvalue weighted by atomic mass is 32.2.